The second-order valence-corrected chi connectivity index (χ2v) is 7.77. The zero-order valence-electron chi connectivity index (χ0n) is 17.4. The molecule has 1 aliphatic carbocycles. The van der Waals surface area contributed by atoms with Crippen LogP contribution in [0.15, 0.2) is 65.1 Å². The summed E-state index contributed by atoms with van der Waals surface area (Å²) in [6, 6.07) is 19.7. The van der Waals surface area contributed by atoms with Crippen LogP contribution < -0.4 is 5.32 Å². The number of carbonyl (C=O) groups excluding carboxylic acids is 1. The summed E-state index contributed by atoms with van der Waals surface area (Å²) in [5, 5.41) is 11.3. The van der Waals surface area contributed by atoms with E-state index in [-0.39, 0.29) is 24.7 Å². The fourth-order valence-electron chi connectivity index (χ4n) is 3.74. The van der Waals surface area contributed by atoms with E-state index in [4.69, 9.17) is 13.9 Å². The van der Waals surface area contributed by atoms with E-state index in [9.17, 15) is 4.79 Å². The average molecular weight is 421 g/mol. The number of amides is 1. The smallest absolute Gasteiger partial charge is 0.407 e. The lowest BCUT2D eigenvalue weighted by atomic mass is 9.86. The Morgan fingerprint density at radius 1 is 0.871 bits per heavy atom. The SMILES string of the molecule is O=C(NC1CCC(c2nnc(COCc3ccccc3)o2)CC1)OCc1ccccc1. The Bertz CT molecular complexity index is 938. The lowest BCUT2D eigenvalue weighted by Gasteiger charge is -2.26. The van der Waals surface area contributed by atoms with Crippen LogP contribution in [0.25, 0.3) is 0 Å². The molecule has 0 radical (unpaired) electrons. The largest absolute Gasteiger partial charge is 0.445 e. The van der Waals surface area contributed by atoms with E-state index in [0.717, 1.165) is 36.8 Å². The maximum atomic E-state index is 12.1. The third-order valence-electron chi connectivity index (χ3n) is 5.43. The van der Waals surface area contributed by atoms with E-state index in [1.807, 2.05) is 60.7 Å². The Labute approximate surface area is 181 Å². The van der Waals surface area contributed by atoms with Gasteiger partial charge in [0, 0.05) is 12.0 Å². The molecule has 0 saturated heterocycles. The van der Waals surface area contributed by atoms with E-state index in [0.29, 0.717) is 25.0 Å². The minimum Gasteiger partial charge on any atom is -0.445 e. The van der Waals surface area contributed by atoms with Crippen molar-refractivity contribution in [2.75, 3.05) is 0 Å². The van der Waals surface area contributed by atoms with Gasteiger partial charge >= 0.3 is 6.09 Å². The quantitative estimate of drug-likeness (QED) is 0.565. The summed E-state index contributed by atoms with van der Waals surface area (Å²) in [5.41, 5.74) is 2.08. The first-order valence-electron chi connectivity index (χ1n) is 10.7. The van der Waals surface area contributed by atoms with Crippen molar-refractivity contribution in [1.29, 1.82) is 0 Å². The standard InChI is InChI=1S/C24H27N3O4/c28-24(30-16-19-9-5-2-6-10-19)25-21-13-11-20(12-14-21)23-27-26-22(31-23)17-29-15-18-7-3-1-4-8-18/h1-10,20-21H,11-17H2,(H,25,28). The highest BCUT2D eigenvalue weighted by molar-refractivity contribution is 5.67. The van der Waals surface area contributed by atoms with E-state index >= 15 is 0 Å². The van der Waals surface area contributed by atoms with Crippen molar-refractivity contribution < 1.29 is 18.7 Å². The topological polar surface area (TPSA) is 86.5 Å². The molecule has 3 aromatic rings. The number of alkyl carbamates (subject to hydrolysis) is 1. The van der Waals surface area contributed by atoms with Crippen molar-refractivity contribution >= 4 is 6.09 Å². The van der Waals surface area contributed by atoms with Crippen LogP contribution >= 0.6 is 0 Å². The van der Waals surface area contributed by atoms with Gasteiger partial charge in [0.15, 0.2) is 0 Å². The number of nitrogens with zero attached hydrogens (tertiary/aromatic N) is 2. The summed E-state index contributed by atoms with van der Waals surface area (Å²) < 4.78 is 16.8. The molecule has 162 valence electrons. The summed E-state index contributed by atoms with van der Waals surface area (Å²) >= 11 is 0. The predicted molar refractivity (Wildman–Crippen MR) is 114 cm³/mol. The number of benzene rings is 2. The third kappa shape index (κ3) is 6.39. The number of hydrogen-bond acceptors (Lipinski definition) is 6. The van der Waals surface area contributed by atoms with Gasteiger partial charge in [-0.25, -0.2) is 4.79 Å². The van der Waals surface area contributed by atoms with Crippen LogP contribution in [0.3, 0.4) is 0 Å². The summed E-state index contributed by atoms with van der Waals surface area (Å²) in [6.45, 7) is 1.08. The molecule has 0 atom stereocenters. The second-order valence-electron chi connectivity index (χ2n) is 7.77. The summed E-state index contributed by atoms with van der Waals surface area (Å²) in [6.07, 6.45) is 3.11. The Morgan fingerprint density at radius 3 is 2.19 bits per heavy atom. The van der Waals surface area contributed by atoms with Gasteiger partial charge in [-0.05, 0) is 36.8 Å². The van der Waals surface area contributed by atoms with Gasteiger partial charge in [-0.15, -0.1) is 10.2 Å². The zero-order valence-corrected chi connectivity index (χ0v) is 17.4. The second kappa shape index (κ2) is 10.7. The number of aromatic nitrogens is 2. The fourth-order valence-corrected chi connectivity index (χ4v) is 3.74. The number of ether oxygens (including phenoxy) is 2. The van der Waals surface area contributed by atoms with Gasteiger partial charge in [0.2, 0.25) is 11.8 Å². The zero-order chi connectivity index (χ0) is 21.3. The molecule has 1 saturated carbocycles. The molecule has 31 heavy (non-hydrogen) atoms. The van der Waals surface area contributed by atoms with Crippen LogP contribution in [0.1, 0.15) is 54.5 Å². The van der Waals surface area contributed by atoms with E-state index in [2.05, 4.69) is 15.5 Å². The first kappa shape index (κ1) is 21.1. The van der Waals surface area contributed by atoms with Crippen LogP contribution in [0.5, 0.6) is 0 Å². The summed E-state index contributed by atoms with van der Waals surface area (Å²) in [4.78, 5) is 12.1. The van der Waals surface area contributed by atoms with Crippen molar-refractivity contribution in [1.82, 2.24) is 15.5 Å². The maximum absolute atomic E-state index is 12.1. The molecular formula is C24H27N3O4. The highest BCUT2D eigenvalue weighted by Crippen LogP contribution is 2.32. The monoisotopic (exact) mass is 421 g/mol. The van der Waals surface area contributed by atoms with Crippen LogP contribution in [0.4, 0.5) is 4.79 Å². The lowest BCUT2D eigenvalue weighted by molar-refractivity contribution is 0.0879. The van der Waals surface area contributed by atoms with Gasteiger partial charge in [-0.3, -0.25) is 0 Å². The molecule has 1 N–H and O–H groups in total. The molecule has 7 nitrogen and oxygen atoms in total. The molecule has 1 heterocycles. The molecule has 0 spiro atoms. The molecular weight excluding hydrogens is 394 g/mol. The van der Waals surface area contributed by atoms with E-state index in [1.54, 1.807) is 0 Å². The normalized spacial score (nSPS) is 18.5. The van der Waals surface area contributed by atoms with Crippen molar-refractivity contribution in [3.63, 3.8) is 0 Å². The first-order valence-corrected chi connectivity index (χ1v) is 10.7. The van der Waals surface area contributed by atoms with Gasteiger partial charge in [-0.1, -0.05) is 60.7 Å². The Kier molecular flexibility index (Phi) is 7.28. The molecule has 1 amide bonds. The molecule has 1 aliphatic rings. The third-order valence-corrected chi connectivity index (χ3v) is 5.43. The van der Waals surface area contributed by atoms with Gasteiger partial charge in [-0.2, -0.15) is 0 Å². The van der Waals surface area contributed by atoms with Crippen molar-refractivity contribution in [2.24, 2.45) is 0 Å². The minimum atomic E-state index is -0.372. The molecule has 0 bridgehead atoms. The van der Waals surface area contributed by atoms with E-state index < -0.39 is 0 Å². The highest BCUT2D eigenvalue weighted by atomic mass is 16.5. The molecule has 0 aliphatic heterocycles. The highest BCUT2D eigenvalue weighted by Gasteiger charge is 2.27. The van der Waals surface area contributed by atoms with Gasteiger partial charge in [0.1, 0.15) is 13.2 Å². The summed E-state index contributed by atoms with van der Waals surface area (Å²) in [7, 11) is 0. The number of carbonyl (C=O) groups is 1. The fraction of sp³-hybridized carbons (Fsp3) is 0.375. The summed E-state index contributed by atoms with van der Waals surface area (Å²) in [5.74, 6) is 1.37. The van der Waals surface area contributed by atoms with Crippen LogP contribution in [-0.2, 0) is 29.3 Å². The van der Waals surface area contributed by atoms with Crippen LogP contribution in [-0.4, -0.2) is 22.3 Å². The van der Waals surface area contributed by atoms with Gasteiger partial charge in [0.05, 0.1) is 6.61 Å². The molecule has 0 unspecified atom stereocenters. The lowest BCUT2D eigenvalue weighted by Crippen LogP contribution is -2.37. The number of hydrogen-bond donors (Lipinski definition) is 1. The van der Waals surface area contributed by atoms with Gasteiger partial charge < -0.3 is 19.2 Å². The Morgan fingerprint density at radius 2 is 1.52 bits per heavy atom. The molecule has 7 heteroatoms. The average Bonchev–Trinajstić information content (AvgIpc) is 3.29. The molecule has 1 aromatic heterocycles. The van der Waals surface area contributed by atoms with Crippen LogP contribution in [0, 0.1) is 0 Å². The van der Waals surface area contributed by atoms with Crippen molar-refractivity contribution in [3.8, 4) is 0 Å². The molecule has 4 rings (SSSR count). The Hall–Kier alpha value is -3.19. The molecule has 1 fully saturated rings. The maximum Gasteiger partial charge on any atom is 0.407 e. The van der Waals surface area contributed by atoms with Crippen LogP contribution in [0.2, 0.25) is 0 Å². The first-order chi connectivity index (χ1) is 15.3. The number of rotatable bonds is 8. The predicted octanol–water partition coefficient (Wildman–Crippen LogP) is 4.74. The van der Waals surface area contributed by atoms with E-state index in [1.165, 1.54) is 0 Å². The molecule has 2 aromatic carbocycles. The number of nitrogens with one attached hydrogen (secondary N) is 1. The van der Waals surface area contributed by atoms with Crippen molar-refractivity contribution in [3.05, 3.63) is 83.6 Å². The Balaban J connectivity index is 1.16. The van der Waals surface area contributed by atoms with Gasteiger partial charge in [0.25, 0.3) is 0 Å². The van der Waals surface area contributed by atoms with Crippen molar-refractivity contribution in [2.45, 2.75) is 57.5 Å². The minimum absolute atomic E-state index is 0.108.